The molecule has 3 heterocycles. The van der Waals surface area contributed by atoms with Gasteiger partial charge in [-0.2, -0.15) is 0 Å². The fraction of sp³-hybridized carbons (Fsp3) is 0. The topological polar surface area (TPSA) is 38.9 Å². The molecule has 0 saturated heterocycles. The first-order valence-electron chi connectivity index (χ1n) is 20.0. The minimum Gasteiger partial charge on any atom is -0.456 e. The van der Waals surface area contributed by atoms with Gasteiger partial charge in [0.1, 0.15) is 11.2 Å². The molecule has 0 N–H and O–H groups in total. The summed E-state index contributed by atoms with van der Waals surface area (Å²) >= 11 is 1.58. The van der Waals surface area contributed by atoms with Crippen LogP contribution in [0.4, 0.5) is 0 Å². The Kier molecular flexibility index (Phi) is 5.23. The van der Waals surface area contributed by atoms with Crippen LogP contribution in [-0.4, -0.2) is 9.97 Å². The quantitative estimate of drug-likeness (QED) is 0.185. The molecular weight excluding hydrogens is 653 g/mol. The molecule has 8 aromatic carbocycles. The molecular formula is C48H28N2OS. The number of thiophene rings is 1. The molecule has 0 saturated carbocycles. The van der Waals surface area contributed by atoms with Crippen LogP contribution in [0.2, 0.25) is 0 Å². The number of rotatable bonds is 4. The Labute approximate surface area is 311 Å². The summed E-state index contributed by atoms with van der Waals surface area (Å²) in [6.07, 6.45) is 0. The van der Waals surface area contributed by atoms with Crippen molar-refractivity contribution in [3.8, 4) is 44.9 Å². The lowest BCUT2D eigenvalue weighted by Gasteiger charge is -2.09. The third-order valence-electron chi connectivity index (χ3n) is 9.78. The van der Waals surface area contributed by atoms with Gasteiger partial charge in [-0.1, -0.05) is 127 Å². The van der Waals surface area contributed by atoms with Crippen LogP contribution >= 0.6 is 11.3 Å². The van der Waals surface area contributed by atoms with Crippen molar-refractivity contribution in [3.05, 3.63) is 170 Å². The zero-order valence-corrected chi connectivity index (χ0v) is 28.2. The zero-order chi connectivity index (χ0) is 39.4. The van der Waals surface area contributed by atoms with Gasteiger partial charge in [0.15, 0.2) is 5.82 Å². The van der Waals surface area contributed by atoms with E-state index >= 15 is 0 Å². The van der Waals surface area contributed by atoms with Crippen LogP contribution in [0.3, 0.4) is 0 Å². The Bertz CT molecular complexity index is 3540. The molecule has 0 aliphatic rings. The summed E-state index contributed by atoms with van der Waals surface area (Å²) < 4.78 is 63.4. The summed E-state index contributed by atoms with van der Waals surface area (Å²) in [4.78, 5) is 10.3. The first kappa shape index (κ1) is 23.7. The third-order valence-corrected chi connectivity index (χ3v) is 10.9. The largest absolute Gasteiger partial charge is 0.456 e. The number of hydrogen-bond donors (Lipinski definition) is 0. The van der Waals surface area contributed by atoms with Crippen molar-refractivity contribution in [2.75, 3.05) is 0 Å². The summed E-state index contributed by atoms with van der Waals surface area (Å²) in [6.45, 7) is 0. The van der Waals surface area contributed by atoms with Crippen molar-refractivity contribution in [3.63, 3.8) is 0 Å². The summed E-state index contributed by atoms with van der Waals surface area (Å²) in [5.74, 6) is 0.146. The van der Waals surface area contributed by atoms with Gasteiger partial charge in [-0.15, -0.1) is 11.3 Å². The Balaban J connectivity index is 1.19. The molecule has 3 nitrogen and oxygen atoms in total. The van der Waals surface area contributed by atoms with Crippen molar-refractivity contribution >= 4 is 75.1 Å². The van der Waals surface area contributed by atoms with E-state index in [9.17, 15) is 4.11 Å². The number of nitrogens with zero attached hydrogens (tertiary/aromatic N) is 2. The van der Waals surface area contributed by atoms with E-state index in [4.69, 9.17) is 18.5 Å². The second-order valence-electron chi connectivity index (χ2n) is 12.9. The first-order valence-corrected chi connectivity index (χ1v) is 17.8. The fourth-order valence-corrected chi connectivity index (χ4v) is 8.37. The molecule has 52 heavy (non-hydrogen) atoms. The Hall–Kier alpha value is -6.62. The summed E-state index contributed by atoms with van der Waals surface area (Å²) in [6, 6.07) is 42.7. The molecule has 242 valence electrons. The molecule has 0 amide bonds. The van der Waals surface area contributed by atoms with Gasteiger partial charge >= 0.3 is 0 Å². The molecule has 0 atom stereocenters. The van der Waals surface area contributed by atoms with E-state index in [0.29, 0.717) is 16.8 Å². The van der Waals surface area contributed by atoms with E-state index in [1.54, 1.807) is 11.3 Å². The highest BCUT2D eigenvalue weighted by Gasteiger charge is 2.20. The van der Waals surface area contributed by atoms with Crippen molar-refractivity contribution in [2.45, 2.75) is 0 Å². The van der Waals surface area contributed by atoms with Crippen LogP contribution < -0.4 is 0 Å². The van der Waals surface area contributed by atoms with Crippen LogP contribution in [0, 0.1) is 0 Å². The Morgan fingerprint density at radius 1 is 0.519 bits per heavy atom. The molecule has 0 spiro atoms. The average molecular weight is 687 g/mol. The number of hydrogen-bond acceptors (Lipinski definition) is 4. The Morgan fingerprint density at radius 3 is 2.08 bits per heavy atom. The van der Waals surface area contributed by atoms with Gasteiger partial charge in [-0.3, -0.25) is 0 Å². The number of aromatic nitrogens is 2. The van der Waals surface area contributed by atoms with E-state index in [1.165, 1.54) is 0 Å². The molecule has 0 aliphatic carbocycles. The second-order valence-corrected chi connectivity index (χ2v) is 13.9. The maximum absolute atomic E-state index is 9.72. The van der Waals surface area contributed by atoms with E-state index < -0.39 is 0 Å². The molecule has 3 aromatic heterocycles. The van der Waals surface area contributed by atoms with Crippen LogP contribution in [0.1, 0.15) is 8.22 Å². The lowest BCUT2D eigenvalue weighted by atomic mass is 9.96. The highest BCUT2D eigenvalue weighted by atomic mass is 32.1. The fourth-order valence-electron chi connectivity index (χ4n) is 7.21. The predicted octanol–water partition coefficient (Wildman–Crippen LogP) is 13.7. The molecule has 0 aliphatic heterocycles. The summed E-state index contributed by atoms with van der Waals surface area (Å²) in [5.41, 5.74) is 5.19. The minimum absolute atomic E-state index is 0.0531. The SMILES string of the molecule is [2H]c1c(-c2ccc3cc(-c4ccccc4)ccc3c2)c([2H])c2c(oc3c([2H])c([2H])c([2H])c(-c4nc(-c5ccc6ccccc6c5)c5sc6ccccc6c5n4)c32)c1[2H]. The van der Waals surface area contributed by atoms with Gasteiger partial charge in [-0.25, -0.2) is 9.97 Å². The predicted molar refractivity (Wildman–Crippen MR) is 219 cm³/mol. The van der Waals surface area contributed by atoms with E-state index in [2.05, 4.69) is 42.5 Å². The van der Waals surface area contributed by atoms with Gasteiger partial charge in [0.05, 0.1) is 24.1 Å². The van der Waals surface area contributed by atoms with Gasteiger partial charge in [0, 0.05) is 32.0 Å². The molecule has 4 heteroatoms. The lowest BCUT2D eigenvalue weighted by Crippen LogP contribution is -1.94. The van der Waals surface area contributed by atoms with Gasteiger partial charge in [0.2, 0.25) is 0 Å². The van der Waals surface area contributed by atoms with E-state index in [-0.39, 0.29) is 75.1 Å². The summed E-state index contributed by atoms with van der Waals surface area (Å²) in [5, 5.41) is 5.32. The average Bonchev–Trinajstić information content (AvgIpc) is 3.84. The molecule has 0 bridgehead atoms. The van der Waals surface area contributed by atoms with Crippen LogP contribution in [-0.2, 0) is 0 Å². The normalized spacial score (nSPS) is 13.5. The second kappa shape index (κ2) is 11.5. The maximum atomic E-state index is 9.72. The van der Waals surface area contributed by atoms with Crippen molar-refractivity contribution in [1.82, 2.24) is 9.97 Å². The van der Waals surface area contributed by atoms with Gasteiger partial charge < -0.3 is 4.42 Å². The number of fused-ring (bicyclic) bond motifs is 8. The highest BCUT2D eigenvalue weighted by Crippen LogP contribution is 2.43. The number of furan rings is 1. The standard InChI is InChI=1S/C48H28N2OS/c1-2-9-29(10-3-1)32-18-19-34-26-35(21-20-33(34)25-32)36-23-24-41-40(28-36)44-39(14-8-15-42(44)51-41)48-49-45(37-22-17-30-11-4-5-12-31(30)27-37)47-46(50-48)38-13-6-7-16-43(38)52-47/h1-28H/i8D,14D,15D,23D,24D,28D. The van der Waals surface area contributed by atoms with E-state index in [1.807, 2.05) is 91.0 Å². The molecule has 11 rings (SSSR count). The minimum atomic E-state index is -0.388. The lowest BCUT2D eigenvalue weighted by molar-refractivity contribution is 0.669. The van der Waals surface area contributed by atoms with Crippen LogP contribution in [0.25, 0.3) is 109 Å². The third kappa shape index (κ3) is 4.65. The molecule has 0 fully saturated rings. The van der Waals surface area contributed by atoms with Crippen LogP contribution in [0.15, 0.2) is 174 Å². The smallest absolute Gasteiger partial charge is 0.161 e. The first-order chi connectivity index (χ1) is 28.2. The highest BCUT2D eigenvalue weighted by molar-refractivity contribution is 7.26. The van der Waals surface area contributed by atoms with Crippen molar-refractivity contribution in [2.24, 2.45) is 0 Å². The van der Waals surface area contributed by atoms with E-state index in [0.717, 1.165) is 53.0 Å². The number of benzene rings is 8. The molecule has 0 radical (unpaired) electrons. The monoisotopic (exact) mass is 686 g/mol. The Morgan fingerprint density at radius 2 is 1.21 bits per heavy atom. The summed E-state index contributed by atoms with van der Waals surface area (Å²) in [7, 11) is 0. The maximum Gasteiger partial charge on any atom is 0.161 e. The molecule has 0 unspecified atom stereocenters. The van der Waals surface area contributed by atoms with Gasteiger partial charge in [-0.05, 0) is 86.2 Å². The van der Waals surface area contributed by atoms with Crippen molar-refractivity contribution < 1.29 is 12.6 Å². The molecule has 11 aromatic rings. The zero-order valence-electron chi connectivity index (χ0n) is 33.4. The van der Waals surface area contributed by atoms with Gasteiger partial charge in [0.25, 0.3) is 0 Å². The van der Waals surface area contributed by atoms with Crippen LogP contribution in [0.5, 0.6) is 0 Å². The van der Waals surface area contributed by atoms with Crippen molar-refractivity contribution in [1.29, 1.82) is 0 Å².